The van der Waals surface area contributed by atoms with Gasteiger partial charge in [-0.15, -0.1) is 0 Å². The molecule has 1 fully saturated rings. The maximum Gasteiger partial charge on any atom is 0.227 e. The SMILES string of the molecule is CCNC1COCC1C(=O)NCCOCC(C)C. The van der Waals surface area contributed by atoms with Gasteiger partial charge < -0.3 is 20.1 Å². The molecule has 1 aliphatic rings. The number of ether oxygens (including phenoxy) is 2. The van der Waals surface area contributed by atoms with Crippen molar-refractivity contribution in [1.82, 2.24) is 10.6 Å². The minimum atomic E-state index is -0.0740. The van der Waals surface area contributed by atoms with Crippen LogP contribution in [0.25, 0.3) is 0 Å². The van der Waals surface area contributed by atoms with E-state index in [0.29, 0.717) is 32.3 Å². The predicted molar refractivity (Wildman–Crippen MR) is 70.4 cm³/mol. The first-order chi connectivity index (χ1) is 8.65. The normalized spacial score (nSPS) is 23.6. The smallest absolute Gasteiger partial charge is 0.227 e. The minimum absolute atomic E-state index is 0.0617. The molecule has 5 heteroatoms. The first-order valence-corrected chi connectivity index (χ1v) is 6.81. The van der Waals surface area contributed by atoms with Gasteiger partial charge in [0.05, 0.1) is 25.7 Å². The van der Waals surface area contributed by atoms with E-state index in [4.69, 9.17) is 9.47 Å². The van der Waals surface area contributed by atoms with Crippen LogP contribution in [0.2, 0.25) is 0 Å². The number of nitrogens with one attached hydrogen (secondary N) is 2. The number of hydrogen-bond acceptors (Lipinski definition) is 4. The van der Waals surface area contributed by atoms with Gasteiger partial charge in [0.15, 0.2) is 0 Å². The molecule has 0 aliphatic carbocycles. The molecule has 18 heavy (non-hydrogen) atoms. The summed E-state index contributed by atoms with van der Waals surface area (Å²) in [6.07, 6.45) is 0. The summed E-state index contributed by atoms with van der Waals surface area (Å²) in [6, 6.07) is 0.145. The summed E-state index contributed by atoms with van der Waals surface area (Å²) >= 11 is 0. The van der Waals surface area contributed by atoms with Gasteiger partial charge in [0.25, 0.3) is 0 Å². The molecule has 0 radical (unpaired) electrons. The van der Waals surface area contributed by atoms with E-state index >= 15 is 0 Å². The third-order valence-corrected chi connectivity index (χ3v) is 2.88. The Kier molecular flexibility index (Phi) is 7.23. The highest BCUT2D eigenvalue weighted by Crippen LogP contribution is 2.13. The minimum Gasteiger partial charge on any atom is -0.379 e. The fourth-order valence-corrected chi connectivity index (χ4v) is 1.97. The number of likely N-dealkylation sites (N-methyl/N-ethyl adjacent to an activating group) is 1. The number of carbonyl (C=O) groups is 1. The van der Waals surface area contributed by atoms with E-state index in [9.17, 15) is 4.79 Å². The molecular formula is C13H26N2O3. The van der Waals surface area contributed by atoms with Gasteiger partial charge in [-0.05, 0) is 12.5 Å². The van der Waals surface area contributed by atoms with Crippen molar-refractivity contribution in [2.45, 2.75) is 26.8 Å². The molecule has 0 aromatic heterocycles. The molecule has 1 aliphatic heterocycles. The fraction of sp³-hybridized carbons (Fsp3) is 0.923. The Hall–Kier alpha value is -0.650. The average Bonchev–Trinajstić information content (AvgIpc) is 2.77. The molecule has 2 atom stereocenters. The van der Waals surface area contributed by atoms with Gasteiger partial charge in [-0.25, -0.2) is 0 Å². The molecule has 106 valence electrons. The van der Waals surface area contributed by atoms with Crippen molar-refractivity contribution in [1.29, 1.82) is 0 Å². The molecule has 2 N–H and O–H groups in total. The van der Waals surface area contributed by atoms with Crippen LogP contribution in [0.4, 0.5) is 0 Å². The largest absolute Gasteiger partial charge is 0.379 e. The van der Waals surface area contributed by atoms with Crippen molar-refractivity contribution in [2.75, 3.05) is 39.5 Å². The Bertz CT molecular complexity index is 246. The Balaban J connectivity index is 2.15. The van der Waals surface area contributed by atoms with Crippen LogP contribution in [0.3, 0.4) is 0 Å². The molecular weight excluding hydrogens is 232 g/mol. The van der Waals surface area contributed by atoms with Gasteiger partial charge in [0, 0.05) is 19.2 Å². The standard InChI is InChI=1S/C13H26N2O3/c1-4-14-12-9-18-8-11(12)13(16)15-5-6-17-7-10(2)3/h10-12,14H,4-9H2,1-3H3,(H,15,16). The van der Waals surface area contributed by atoms with E-state index in [1.54, 1.807) is 0 Å². The van der Waals surface area contributed by atoms with Crippen LogP contribution in [-0.4, -0.2) is 51.5 Å². The number of rotatable bonds is 8. The van der Waals surface area contributed by atoms with Gasteiger partial charge in [-0.1, -0.05) is 20.8 Å². The maximum atomic E-state index is 11.9. The zero-order valence-electron chi connectivity index (χ0n) is 11.7. The van der Waals surface area contributed by atoms with Crippen molar-refractivity contribution < 1.29 is 14.3 Å². The summed E-state index contributed by atoms with van der Waals surface area (Å²) in [7, 11) is 0. The van der Waals surface area contributed by atoms with Gasteiger partial charge in [0.2, 0.25) is 5.91 Å². The Morgan fingerprint density at radius 1 is 1.44 bits per heavy atom. The molecule has 0 spiro atoms. The van der Waals surface area contributed by atoms with Crippen LogP contribution >= 0.6 is 0 Å². The monoisotopic (exact) mass is 258 g/mol. The van der Waals surface area contributed by atoms with Crippen molar-refractivity contribution in [3.63, 3.8) is 0 Å². The van der Waals surface area contributed by atoms with Crippen LogP contribution in [-0.2, 0) is 14.3 Å². The van der Waals surface area contributed by atoms with Crippen LogP contribution < -0.4 is 10.6 Å². The van der Waals surface area contributed by atoms with Crippen molar-refractivity contribution in [2.24, 2.45) is 11.8 Å². The van der Waals surface area contributed by atoms with Gasteiger partial charge in [-0.2, -0.15) is 0 Å². The molecule has 1 amide bonds. The average molecular weight is 258 g/mol. The molecule has 1 heterocycles. The number of amides is 1. The molecule has 0 saturated carbocycles. The Morgan fingerprint density at radius 2 is 2.22 bits per heavy atom. The molecule has 0 aromatic carbocycles. The van der Waals surface area contributed by atoms with E-state index < -0.39 is 0 Å². The third-order valence-electron chi connectivity index (χ3n) is 2.88. The zero-order chi connectivity index (χ0) is 13.4. The van der Waals surface area contributed by atoms with Gasteiger partial charge >= 0.3 is 0 Å². The molecule has 2 unspecified atom stereocenters. The zero-order valence-corrected chi connectivity index (χ0v) is 11.7. The lowest BCUT2D eigenvalue weighted by molar-refractivity contribution is -0.125. The molecule has 0 bridgehead atoms. The van der Waals surface area contributed by atoms with Crippen LogP contribution in [0.15, 0.2) is 0 Å². The number of carbonyl (C=O) groups excluding carboxylic acids is 1. The van der Waals surface area contributed by atoms with Crippen molar-refractivity contribution in [3.05, 3.63) is 0 Å². The topological polar surface area (TPSA) is 59.6 Å². The lowest BCUT2D eigenvalue weighted by Gasteiger charge is -2.17. The summed E-state index contributed by atoms with van der Waals surface area (Å²) in [4.78, 5) is 11.9. The van der Waals surface area contributed by atoms with Crippen molar-refractivity contribution in [3.8, 4) is 0 Å². The first-order valence-electron chi connectivity index (χ1n) is 6.81. The summed E-state index contributed by atoms with van der Waals surface area (Å²) in [5.74, 6) is 0.517. The fourth-order valence-electron chi connectivity index (χ4n) is 1.97. The highest BCUT2D eigenvalue weighted by molar-refractivity contribution is 5.79. The second-order valence-corrected chi connectivity index (χ2v) is 5.07. The number of hydrogen-bond donors (Lipinski definition) is 2. The second kappa shape index (κ2) is 8.45. The third kappa shape index (κ3) is 5.33. The van der Waals surface area contributed by atoms with Gasteiger partial charge in [0.1, 0.15) is 0 Å². The molecule has 5 nitrogen and oxygen atoms in total. The van der Waals surface area contributed by atoms with E-state index in [1.807, 2.05) is 6.92 Å². The summed E-state index contributed by atoms with van der Waals surface area (Å²) in [6.45, 7) is 10.1. The summed E-state index contributed by atoms with van der Waals surface area (Å²) in [5.41, 5.74) is 0. The lowest BCUT2D eigenvalue weighted by Crippen LogP contribution is -2.44. The predicted octanol–water partition coefficient (Wildman–Crippen LogP) is 0.400. The Morgan fingerprint density at radius 3 is 2.89 bits per heavy atom. The van der Waals surface area contributed by atoms with Crippen LogP contribution in [0.5, 0.6) is 0 Å². The highest BCUT2D eigenvalue weighted by atomic mass is 16.5. The first kappa shape index (κ1) is 15.4. The summed E-state index contributed by atoms with van der Waals surface area (Å²) in [5, 5.41) is 6.18. The Labute approximate surface area is 110 Å². The van der Waals surface area contributed by atoms with E-state index in [2.05, 4.69) is 24.5 Å². The quantitative estimate of drug-likeness (QED) is 0.619. The van der Waals surface area contributed by atoms with Crippen LogP contribution in [0.1, 0.15) is 20.8 Å². The maximum absolute atomic E-state index is 11.9. The van der Waals surface area contributed by atoms with E-state index in [0.717, 1.165) is 13.2 Å². The van der Waals surface area contributed by atoms with Crippen LogP contribution in [0, 0.1) is 11.8 Å². The lowest BCUT2D eigenvalue weighted by atomic mass is 10.0. The van der Waals surface area contributed by atoms with Crippen molar-refractivity contribution >= 4 is 5.91 Å². The second-order valence-electron chi connectivity index (χ2n) is 5.07. The van der Waals surface area contributed by atoms with Gasteiger partial charge in [-0.3, -0.25) is 4.79 Å². The van der Waals surface area contributed by atoms with E-state index in [-0.39, 0.29) is 17.9 Å². The summed E-state index contributed by atoms with van der Waals surface area (Å²) < 4.78 is 10.8. The molecule has 0 aromatic rings. The molecule has 1 saturated heterocycles. The van der Waals surface area contributed by atoms with E-state index in [1.165, 1.54) is 0 Å². The highest BCUT2D eigenvalue weighted by Gasteiger charge is 2.33. The molecule has 1 rings (SSSR count).